The monoisotopic (exact) mass is 499 g/mol. The quantitative estimate of drug-likeness (QED) is 0.268. The van der Waals surface area contributed by atoms with Gasteiger partial charge in [-0.2, -0.15) is 0 Å². The molecule has 3 aromatic rings. The van der Waals surface area contributed by atoms with Crippen LogP contribution in [-0.4, -0.2) is 16.7 Å². The molecule has 0 aliphatic carbocycles. The highest BCUT2D eigenvalue weighted by Gasteiger charge is 2.17. The van der Waals surface area contributed by atoms with Crippen molar-refractivity contribution in [3.05, 3.63) is 109 Å². The number of rotatable bonds is 6. The fraction of sp³-hybridized carbons (Fsp3) is 0. The molecule has 156 valence electrons. The Bertz CT molecular complexity index is 1180. The number of non-ortho nitro benzene ring substituents is 1. The Labute approximate surface area is 191 Å². The summed E-state index contributed by atoms with van der Waals surface area (Å²) in [5.74, 6) is -1.19. The summed E-state index contributed by atoms with van der Waals surface area (Å²) in [6.07, 6.45) is 1.36. The summed E-state index contributed by atoms with van der Waals surface area (Å²) in [6.45, 7) is 0. The number of amides is 2. The lowest BCUT2D eigenvalue weighted by Gasteiger charge is -2.12. The minimum absolute atomic E-state index is 0.103. The van der Waals surface area contributed by atoms with Crippen molar-refractivity contribution < 1.29 is 14.5 Å². The standard InChI is InChI=1S/C22H15BrClN3O4/c23-15-8-10-16(11-9-15)25-22(29)20(13-14-4-3-5-17(12-14)27(30)31)26-21(28)18-6-1-2-7-19(18)24/h1-13H,(H,25,29)(H,26,28). The van der Waals surface area contributed by atoms with Gasteiger partial charge >= 0.3 is 0 Å². The van der Waals surface area contributed by atoms with Gasteiger partial charge in [0.15, 0.2) is 0 Å². The van der Waals surface area contributed by atoms with Gasteiger partial charge in [-0.3, -0.25) is 19.7 Å². The minimum atomic E-state index is -0.603. The summed E-state index contributed by atoms with van der Waals surface area (Å²) in [5.41, 5.74) is 0.817. The van der Waals surface area contributed by atoms with Gasteiger partial charge in [-0.25, -0.2) is 0 Å². The number of nitrogens with one attached hydrogen (secondary N) is 2. The maximum Gasteiger partial charge on any atom is 0.272 e. The van der Waals surface area contributed by atoms with Gasteiger partial charge in [-0.15, -0.1) is 0 Å². The van der Waals surface area contributed by atoms with Crippen LogP contribution in [0.15, 0.2) is 83.0 Å². The molecule has 0 aliphatic heterocycles. The summed E-state index contributed by atoms with van der Waals surface area (Å²) in [5, 5.41) is 16.5. The van der Waals surface area contributed by atoms with E-state index in [4.69, 9.17) is 11.6 Å². The fourth-order valence-electron chi connectivity index (χ4n) is 2.62. The van der Waals surface area contributed by atoms with Gasteiger partial charge < -0.3 is 10.6 Å². The van der Waals surface area contributed by atoms with Gasteiger partial charge in [0.1, 0.15) is 5.70 Å². The number of benzene rings is 3. The zero-order valence-corrected chi connectivity index (χ0v) is 18.2. The Morgan fingerprint density at radius 2 is 1.71 bits per heavy atom. The van der Waals surface area contributed by atoms with E-state index in [9.17, 15) is 19.7 Å². The van der Waals surface area contributed by atoms with E-state index in [1.165, 1.54) is 30.3 Å². The number of hydrogen-bond donors (Lipinski definition) is 2. The molecule has 0 atom stereocenters. The van der Waals surface area contributed by atoms with Gasteiger partial charge in [0.25, 0.3) is 17.5 Å². The predicted molar refractivity (Wildman–Crippen MR) is 123 cm³/mol. The molecule has 3 aromatic carbocycles. The number of carbonyl (C=O) groups excluding carboxylic acids is 2. The first kappa shape index (κ1) is 22.2. The number of halogens is 2. The average Bonchev–Trinajstić information content (AvgIpc) is 2.75. The SMILES string of the molecule is O=C(Nc1ccc(Br)cc1)C(=Cc1cccc([N+](=O)[O-])c1)NC(=O)c1ccccc1Cl. The molecule has 0 radical (unpaired) electrons. The third-order valence-electron chi connectivity index (χ3n) is 4.11. The molecule has 0 unspecified atom stereocenters. The third kappa shape index (κ3) is 6.00. The Morgan fingerprint density at radius 1 is 1.00 bits per heavy atom. The summed E-state index contributed by atoms with van der Waals surface area (Å²) in [7, 11) is 0. The summed E-state index contributed by atoms with van der Waals surface area (Å²) >= 11 is 9.40. The van der Waals surface area contributed by atoms with Crippen LogP contribution in [0.25, 0.3) is 6.08 Å². The molecule has 0 heterocycles. The molecule has 0 aliphatic rings. The van der Waals surface area contributed by atoms with E-state index >= 15 is 0 Å². The molecule has 2 N–H and O–H groups in total. The first-order valence-corrected chi connectivity index (χ1v) is 10.1. The molecule has 0 saturated heterocycles. The number of anilines is 1. The number of hydrogen-bond acceptors (Lipinski definition) is 4. The van der Waals surface area contributed by atoms with Crippen LogP contribution >= 0.6 is 27.5 Å². The third-order valence-corrected chi connectivity index (χ3v) is 4.96. The van der Waals surface area contributed by atoms with Crippen molar-refractivity contribution in [2.24, 2.45) is 0 Å². The Morgan fingerprint density at radius 3 is 2.39 bits per heavy atom. The Hall–Kier alpha value is -3.49. The van der Waals surface area contributed by atoms with Crippen molar-refractivity contribution in [2.75, 3.05) is 5.32 Å². The molecule has 9 heteroatoms. The zero-order chi connectivity index (χ0) is 22.4. The maximum absolute atomic E-state index is 12.9. The lowest BCUT2D eigenvalue weighted by molar-refractivity contribution is -0.384. The smallest absolute Gasteiger partial charge is 0.272 e. The first-order valence-electron chi connectivity index (χ1n) is 8.92. The van der Waals surface area contributed by atoms with Crippen LogP contribution in [-0.2, 0) is 4.79 Å². The van der Waals surface area contributed by atoms with Crippen molar-refractivity contribution in [1.82, 2.24) is 5.32 Å². The Balaban J connectivity index is 1.94. The minimum Gasteiger partial charge on any atom is -0.321 e. The molecule has 0 fully saturated rings. The van der Waals surface area contributed by atoms with Crippen LogP contribution in [0.5, 0.6) is 0 Å². The van der Waals surface area contributed by atoms with Gasteiger partial charge in [-0.05, 0) is 48.0 Å². The highest BCUT2D eigenvalue weighted by Crippen LogP contribution is 2.19. The Kier molecular flexibility index (Phi) is 7.17. The molecular weight excluding hydrogens is 486 g/mol. The number of nitro benzene ring substituents is 1. The second-order valence-corrected chi connectivity index (χ2v) is 7.63. The summed E-state index contributed by atoms with van der Waals surface area (Å²) < 4.78 is 0.838. The van der Waals surface area contributed by atoms with Crippen molar-refractivity contribution in [3.8, 4) is 0 Å². The molecule has 7 nitrogen and oxygen atoms in total. The molecule has 0 aromatic heterocycles. The average molecular weight is 501 g/mol. The van der Waals surface area contributed by atoms with Gasteiger partial charge in [0.05, 0.1) is 15.5 Å². The van der Waals surface area contributed by atoms with E-state index in [0.29, 0.717) is 11.3 Å². The van der Waals surface area contributed by atoms with E-state index in [1.807, 2.05) is 0 Å². The van der Waals surface area contributed by atoms with Crippen molar-refractivity contribution in [1.29, 1.82) is 0 Å². The van der Waals surface area contributed by atoms with Crippen molar-refractivity contribution >= 4 is 56.8 Å². The van der Waals surface area contributed by atoms with E-state index < -0.39 is 16.7 Å². The molecule has 0 bridgehead atoms. The molecule has 31 heavy (non-hydrogen) atoms. The lowest BCUT2D eigenvalue weighted by atomic mass is 10.1. The lowest BCUT2D eigenvalue weighted by Crippen LogP contribution is -2.30. The molecule has 0 spiro atoms. The fourth-order valence-corrected chi connectivity index (χ4v) is 3.11. The van der Waals surface area contributed by atoms with Crippen LogP contribution < -0.4 is 10.6 Å². The van der Waals surface area contributed by atoms with Crippen LogP contribution in [0.2, 0.25) is 5.02 Å². The number of nitro groups is 1. The topological polar surface area (TPSA) is 101 Å². The second kappa shape index (κ2) is 10.0. The molecule has 3 rings (SSSR count). The molecule has 0 saturated carbocycles. The van der Waals surface area contributed by atoms with Gasteiger partial charge in [0.2, 0.25) is 0 Å². The largest absolute Gasteiger partial charge is 0.321 e. The van der Waals surface area contributed by atoms with Crippen LogP contribution in [0, 0.1) is 10.1 Å². The van der Waals surface area contributed by atoms with Crippen molar-refractivity contribution in [3.63, 3.8) is 0 Å². The first-order chi connectivity index (χ1) is 14.8. The van der Waals surface area contributed by atoms with Crippen LogP contribution in [0.1, 0.15) is 15.9 Å². The van der Waals surface area contributed by atoms with Crippen LogP contribution in [0.3, 0.4) is 0 Å². The normalized spacial score (nSPS) is 11.0. The number of nitrogens with zero attached hydrogens (tertiary/aromatic N) is 1. The second-order valence-electron chi connectivity index (χ2n) is 6.31. The molecular formula is C22H15BrClN3O4. The summed E-state index contributed by atoms with van der Waals surface area (Å²) in [4.78, 5) is 36.1. The zero-order valence-electron chi connectivity index (χ0n) is 15.8. The van der Waals surface area contributed by atoms with Gasteiger partial charge in [0, 0.05) is 22.3 Å². The van der Waals surface area contributed by atoms with Crippen LogP contribution in [0.4, 0.5) is 11.4 Å². The van der Waals surface area contributed by atoms with E-state index in [-0.39, 0.29) is 22.0 Å². The number of carbonyl (C=O) groups is 2. The summed E-state index contributed by atoms with van der Waals surface area (Å²) in [6, 6.07) is 19.0. The van der Waals surface area contributed by atoms with Gasteiger partial charge in [-0.1, -0.05) is 51.8 Å². The molecule has 2 amide bonds. The highest BCUT2D eigenvalue weighted by atomic mass is 79.9. The highest BCUT2D eigenvalue weighted by molar-refractivity contribution is 9.10. The predicted octanol–water partition coefficient (Wildman–Crippen LogP) is 5.42. The van der Waals surface area contributed by atoms with E-state index in [2.05, 4.69) is 26.6 Å². The van der Waals surface area contributed by atoms with E-state index in [1.54, 1.807) is 48.5 Å². The van der Waals surface area contributed by atoms with E-state index in [0.717, 1.165) is 4.47 Å². The van der Waals surface area contributed by atoms with Crippen molar-refractivity contribution in [2.45, 2.75) is 0 Å². The maximum atomic E-state index is 12.9.